The average Bonchev–Trinajstić information content (AvgIpc) is 3.20. The average molecular weight is 331 g/mol. The monoisotopic (exact) mass is 331 g/mol. The molecule has 1 amide bonds. The maximum Gasteiger partial charge on any atom is 0.255 e. The molecule has 1 fully saturated rings. The van der Waals surface area contributed by atoms with Gasteiger partial charge in [0.05, 0.1) is 18.7 Å². The predicted molar refractivity (Wildman–Crippen MR) is 90.9 cm³/mol. The summed E-state index contributed by atoms with van der Waals surface area (Å²) in [6.07, 6.45) is 2.41. The number of ether oxygens (including phenoxy) is 1. The van der Waals surface area contributed by atoms with E-state index in [4.69, 9.17) is 4.74 Å². The topological polar surface area (TPSA) is 58.6 Å². The summed E-state index contributed by atoms with van der Waals surface area (Å²) in [4.78, 5) is 12.4. The van der Waals surface area contributed by atoms with Gasteiger partial charge in [-0.3, -0.25) is 4.79 Å². The molecule has 0 bridgehead atoms. The molecule has 3 rings (SSSR count). The van der Waals surface area contributed by atoms with Crippen molar-refractivity contribution < 1.29 is 14.6 Å². The van der Waals surface area contributed by atoms with Crippen molar-refractivity contribution >= 4 is 17.2 Å². The lowest BCUT2D eigenvalue weighted by molar-refractivity contribution is 0.0529. The van der Waals surface area contributed by atoms with Gasteiger partial charge in [-0.25, -0.2) is 0 Å². The van der Waals surface area contributed by atoms with E-state index < -0.39 is 5.60 Å². The molecule has 23 heavy (non-hydrogen) atoms. The van der Waals surface area contributed by atoms with Crippen LogP contribution in [0, 0.1) is 5.92 Å². The van der Waals surface area contributed by atoms with Crippen molar-refractivity contribution in [3.63, 3.8) is 0 Å². The minimum absolute atomic E-state index is 0.152. The summed E-state index contributed by atoms with van der Waals surface area (Å²) in [6.45, 7) is 2.52. The second kappa shape index (κ2) is 6.72. The van der Waals surface area contributed by atoms with E-state index in [1.54, 1.807) is 13.0 Å². The van der Waals surface area contributed by atoms with Crippen LogP contribution in [0.25, 0.3) is 0 Å². The van der Waals surface area contributed by atoms with E-state index in [2.05, 4.69) is 5.32 Å². The van der Waals surface area contributed by atoms with Gasteiger partial charge in [0, 0.05) is 0 Å². The van der Waals surface area contributed by atoms with Crippen LogP contribution in [0.15, 0.2) is 41.1 Å². The minimum atomic E-state index is -1.08. The van der Waals surface area contributed by atoms with Crippen LogP contribution in [0.5, 0.6) is 5.75 Å². The molecule has 1 aliphatic carbocycles. The molecule has 1 atom stereocenters. The Morgan fingerprint density at radius 3 is 2.87 bits per heavy atom. The zero-order chi connectivity index (χ0) is 16.3. The van der Waals surface area contributed by atoms with E-state index in [1.807, 2.05) is 35.0 Å². The van der Waals surface area contributed by atoms with E-state index in [9.17, 15) is 9.90 Å². The lowest BCUT2D eigenvalue weighted by Gasteiger charge is -2.23. The van der Waals surface area contributed by atoms with Crippen molar-refractivity contribution in [2.75, 3.05) is 13.2 Å². The number of benzene rings is 1. The Labute approximate surface area is 140 Å². The smallest absolute Gasteiger partial charge is 0.255 e. The van der Waals surface area contributed by atoms with Gasteiger partial charge in [-0.05, 0) is 60.2 Å². The highest BCUT2D eigenvalue weighted by molar-refractivity contribution is 7.08. The Morgan fingerprint density at radius 2 is 2.17 bits per heavy atom. The molecular formula is C18H21NO3S. The minimum Gasteiger partial charge on any atom is -0.492 e. The van der Waals surface area contributed by atoms with Gasteiger partial charge < -0.3 is 15.2 Å². The molecule has 2 aromatic rings. The van der Waals surface area contributed by atoms with Gasteiger partial charge in [0.15, 0.2) is 0 Å². The van der Waals surface area contributed by atoms with Crippen molar-refractivity contribution in [2.24, 2.45) is 5.92 Å². The van der Waals surface area contributed by atoms with E-state index in [-0.39, 0.29) is 12.5 Å². The lowest BCUT2D eigenvalue weighted by atomic mass is 9.99. The van der Waals surface area contributed by atoms with Crippen LogP contribution in [-0.4, -0.2) is 24.2 Å². The predicted octanol–water partition coefficient (Wildman–Crippen LogP) is 3.17. The fourth-order valence-corrected chi connectivity index (χ4v) is 3.08. The van der Waals surface area contributed by atoms with Crippen LogP contribution >= 0.6 is 11.3 Å². The summed E-state index contributed by atoms with van der Waals surface area (Å²) in [5, 5.41) is 17.1. The molecule has 122 valence electrons. The number of para-hydroxylation sites is 1. The van der Waals surface area contributed by atoms with Crippen LogP contribution in [0.1, 0.15) is 35.7 Å². The van der Waals surface area contributed by atoms with Crippen molar-refractivity contribution in [2.45, 2.75) is 25.4 Å². The van der Waals surface area contributed by atoms with Crippen LogP contribution in [0.2, 0.25) is 0 Å². The summed E-state index contributed by atoms with van der Waals surface area (Å²) >= 11 is 1.52. The van der Waals surface area contributed by atoms with E-state index in [0.717, 1.165) is 5.56 Å². The van der Waals surface area contributed by atoms with Gasteiger partial charge in [0.25, 0.3) is 5.91 Å². The normalized spacial score (nSPS) is 16.6. The van der Waals surface area contributed by atoms with Gasteiger partial charge in [0.2, 0.25) is 0 Å². The second-order valence-corrected chi connectivity index (χ2v) is 7.00. The van der Waals surface area contributed by atoms with Gasteiger partial charge in [0.1, 0.15) is 11.4 Å². The quantitative estimate of drug-likeness (QED) is 0.819. The van der Waals surface area contributed by atoms with E-state index in [1.165, 1.54) is 24.2 Å². The first-order valence-corrected chi connectivity index (χ1v) is 8.75. The molecule has 1 unspecified atom stereocenters. The van der Waals surface area contributed by atoms with Crippen LogP contribution in [0.4, 0.5) is 0 Å². The van der Waals surface area contributed by atoms with E-state index >= 15 is 0 Å². The largest absolute Gasteiger partial charge is 0.492 e. The van der Waals surface area contributed by atoms with Gasteiger partial charge in [-0.1, -0.05) is 12.1 Å². The highest BCUT2D eigenvalue weighted by Gasteiger charge is 2.26. The lowest BCUT2D eigenvalue weighted by Crippen LogP contribution is -2.38. The molecule has 0 radical (unpaired) electrons. The summed E-state index contributed by atoms with van der Waals surface area (Å²) in [7, 11) is 0. The van der Waals surface area contributed by atoms with Gasteiger partial charge >= 0.3 is 0 Å². The molecule has 0 spiro atoms. The maximum atomic E-state index is 12.4. The van der Waals surface area contributed by atoms with Crippen molar-refractivity contribution in [3.05, 3.63) is 52.2 Å². The SMILES string of the molecule is CC(O)(CNC(=O)c1ccccc1OCC1CC1)c1ccsc1. The molecule has 0 aliphatic heterocycles. The highest BCUT2D eigenvalue weighted by atomic mass is 32.1. The molecule has 1 saturated carbocycles. The first-order valence-electron chi connectivity index (χ1n) is 7.81. The number of carbonyl (C=O) groups excluding carboxylic acids is 1. The van der Waals surface area contributed by atoms with Crippen molar-refractivity contribution in [3.8, 4) is 5.75 Å². The molecule has 1 aliphatic rings. The Kier molecular flexibility index (Phi) is 4.68. The Bertz CT molecular complexity index is 663. The third-order valence-electron chi connectivity index (χ3n) is 4.04. The summed E-state index contributed by atoms with van der Waals surface area (Å²) in [5.41, 5.74) is 0.231. The van der Waals surface area contributed by atoms with Crippen LogP contribution < -0.4 is 10.1 Å². The van der Waals surface area contributed by atoms with E-state index in [0.29, 0.717) is 23.8 Å². The number of carbonyl (C=O) groups is 1. The van der Waals surface area contributed by atoms with Crippen LogP contribution in [-0.2, 0) is 5.60 Å². The number of thiophene rings is 1. The molecule has 1 aromatic carbocycles. The third-order valence-corrected chi connectivity index (χ3v) is 4.72. The zero-order valence-electron chi connectivity index (χ0n) is 13.1. The fourth-order valence-electron chi connectivity index (χ4n) is 2.29. The number of hydrogen-bond donors (Lipinski definition) is 2. The Balaban J connectivity index is 1.63. The second-order valence-electron chi connectivity index (χ2n) is 6.22. The molecule has 1 heterocycles. The number of hydrogen-bond acceptors (Lipinski definition) is 4. The van der Waals surface area contributed by atoms with Gasteiger partial charge in [-0.2, -0.15) is 11.3 Å². The number of amides is 1. The summed E-state index contributed by atoms with van der Waals surface area (Å²) in [5.74, 6) is 1.00. The first-order chi connectivity index (χ1) is 11.1. The third kappa shape index (κ3) is 4.12. The Morgan fingerprint density at radius 1 is 1.39 bits per heavy atom. The zero-order valence-corrected chi connectivity index (χ0v) is 13.9. The van der Waals surface area contributed by atoms with Crippen molar-refractivity contribution in [1.82, 2.24) is 5.32 Å². The summed E-state index contributed by atoms with van der Waals surface area (Å²) in [6, 6.07) is 9.10. The summed E-state index contributed by atoms with van der Waals surface area (Å²) < 4.78 is 5.76. The number of nitrogens with one attached hydrogen (secondary N) is 1. The molecule has 5 heteroatoms. The molecule has 1 aromatic heterocycles. The number of rotatable bonds is 7. The number of aliphatic hydroxyl groups is 1. The highest BCUT2D eigenvalue weighted by Crippen LogP contribution is 2.30. The molecule has 0 saturated heterocycles. The fraction of sp³-hybridized carbons (Fsp3) is 0.389. The standard InChI is InChI=1S/C18H21NO3S/c1-18(21,14-8-9-23-11-14)12-19-17(20)15-4-2-3-5-16(15)22-10-13-6-7-13/h2-5,8-9,11,13,21H,6-7,10,12H2,1H3,(H,19,20). The van der Waals surface area contributed by atoms with Crippen LogP contribution in [0.3, 0.4) is 0 Å². The molecule has 2 N–H and O–H groups in total. The van der Waals surface area contributed by atoms with Crippen molar-refractivity contribution in [1.29, 1.82) is 0 Å². The molecule has 4 nitrogen and oxygen atoms in total. The first kappa shape index (κ1) is 16.0. The Hall–Kier alpha value is -1.85. The maximum absolute atomic E-state index is 12.4. The van der Waals surface area contributed by atoms with Gasteiger partial charge in [-0.15, -0.1) is 0 Å². The molecular weight excluding hydrogens is 310 g/mol.